The van der Waals surface area contributed by atoms with Gasteiger partial charge >= 0.3 is 0 Å². The highest BCUT2D eigenvalue weighted by Crippen LogP contribution is 2.24. The minimum atomic E-state index is -0.735. The summed E-state index contributed by atoms with van der Waals surface area (Å²) in [5.74, 6) is 1.51. The molecule has 114 valence electrons. The molecule has 0 aliphatic carbocycles. The van der Waals surface area contributed by atoms with E-state index in [1.54, 1.807) is 0 Å². The van der Waals surface area contributed by atoms with Crippen LogP contribution in [0.1, 0.15) is 57.7 Å². The van der Waals surface area contributed by atoms with E-state index in [-0.39, 0.29) is 11.5 Å². The van der Waals surface area contributed by atoms with Crippen molar-refractivity contribution < 1.29 is 4.21 Å². The molecule has 1 N–H and O–H groups in total. The summed E-state index contributed by atoms with van der Waals surface area (Å²) in [5, 5.41) is 3.29. The maximum absolute atomic E-state index is 12.0. The van der Waals surface area contributed by atoms with Gasteiger partial charge in [0.15, 0.2) is 0 Å². The molecule has 2 atom stereocenters. The minimum absolute atomic E-state index is 0.178. The van der Waals surface area contributed by atoms with Crippen molar-refractivity contribution in [3.8, 4) is 0 Å². The first-order chi connectivity index (χ1) is 9.38. The summed E-state index contributed by atoms with van der Waals surface area (Å²) in [6.45, 7) is 8.80. The van der Waals surface area contributed by atoms with Gasteiger partial charge in [-0.25, -0.2) is 0 Å². The second-order valence-corrected chi connectivity index (χ2v) is 8.00. The zero-order valence-electron chi connectivity index (χ0n) is 13.5. The fraction of sp³-hybridized carbons (Fsp3) is 0.647. The lowest BCUT2D eigenvalue weighted by molar-refractivity contribution is 0.588. The number of rotatable bonds is 7. The minimum Gasteiger partial charge on any atom is -0.312 e. The highest BCUT2D eigenvalue weighted by molar-refractivity contribution is 7.85. The van der Waals surface area contributed by atoms with E-state index in [2.05, 4.69) is 57.3 Å². The average molecular weight is 295 g/mol. The smallest absolute Gasteiger partial charge is 0.0434 e. The summed E-state index contributed by atoms with van der Waals surface area (Å²) < 4.78 is 12.0. The first kappa shape index (κ1) is 17.4. The van der Waals surface area contributed by atoms with Crippen molar-refractivity contribution in [2.24, 2.45) is 0 Å². The zero-order valence-corrected chi connectivity index (χ0v) is 14.3. The van der Waals surface area contributed by atoms with Crippen LogP contribution in [0.4, 0.5) is 0 Å². The quantitative estimate of drug-likeness (QED) is 0.829. The van der Waals surface area contributed by atoms with Gasteiger partial charge in [-0.05, 0) is 30.0 Å². The molecule has 20 heavy (non-hydrogen) atoms. The first-order valence-corrected chi connectivity index (χ1v) is 9.00. The standard InChI is InChI=1S/C17H29NOS/c1-6-7-12-20(19)13-16(18-5)14-8-10-15(11-9-14)17(2,3)4/h8-11,16,18H,6-7,12-13H2,1-5H3. The van der Waals surface area contributed by atoms with E-state index in [1.807, 2.05) is 7.05 Å². The maximum Gasteiger partial charge on any atom is 0.0434 e. The summed E-state index contributed by atoms with van der Waals surface area (Å²) in [6.07, 6.45) is 2.16. The monoisotopic (exact) mass is 295 g/mol. The maximum atomic E-state index is 12.0. The van der Waals surface area contributed by atoms with E-state index < -0.39 is 10.8 Å². The zero-order chi connectivity index (χ0) is 15.2. The van der Waals surface area contributed by atoms with Gasteiger partial charge in [-0.2, -0.15) is 0 Å². The Labute approximate surface area is 126 Å². The average Bonchev–Trinajstić information content (AvgIpc) is 2.41. The van der Waals surface area contributed by atoms with Crippen LogP contribution in [0.2, 0.25) is 0 Å². The lowest BCUT2D eigenvalue weighted by Gasteiger charge is -2.21. The van der Waals surface area contributed by atoms with Crippen molar-refractivity contribution in [1.29, 1.82) is 0 Å². The highest BCUT2D eigenvalue weighted by Gasteiger charge is 2.16. The van der Waals surface area contributed by atoms with Crippen LogP contribution < -0.4 is 5.32 Å². The largest absolute Gasteiger partial charge is 0.312 e. The molecule has 0 saturated carbocycles. The predicted octanol–water partition coefficient (Wildman–Crippen LogP) is 3.79. The molecule has 1 aromatic carbocycles. The van der Waals surface area contributed by atoms with Gasteiger partial charge < -0.3 is 5.32 Å². The summed E-state index contributed by atoms with van der Waals surface area (Å²) in [5.41, 5.74) is 2.74. The fourth-order valence-corrected chi connectivity index (χ4v) is 3.64. The molecule has 3 heteroatoms. The van der Waals surface area contributed by atoms with Crippen molar-refractivity contribution in [1.82, 2.24) is 5.32 Å². The molecule has 0 radical (unpaired) electrons. The number of nitrogens with one attached hydrogen (secondary N) is 1. The molecule has 1 rings (SSSR count). The Balaban J connectivity index is 2.73. The number of hydrogen-bond donors (Lipinski definition) is 1. The van der Waals surface area contributed by atoms with Crippen molar-refractivity contribution in [2.45, 2.75) is 52.0 Å². The van der Waals surface area contributed by atoms with Gasteiger partial charge in [-0.3, -0.25) is 4.21 Å². The van der Waals surface area contributed by atoms with Gasteiger partial charge in [0.2, 0.25) is 0 Å². The molecule has 0 aromatic heterocycles. The van der Waals surface area contributed by atoms with Gasteiger partial charge in [-0.1, -0.05) is 58.4 Å². The van der Waals surface area contributed by atoms with Crippen LogP contribution >= 0.6 is 0 Å². The van der Waals surface area contributed by atoms with Gasteiger partial charge in [0, 0.05) is 28.3 Å². The number of hydrogen-bond acceptors (Lipinski definition) is 2. The first-order valence-electron chi connectivity index (χ1n) is 7.51. The number of benzene rings is 1. The van der Waals surface area contributed by atoms with Crippen LogP contribution in [0.3, 0.4) is 0 Å². The predicted molar refractivity (Wildman–Crippen MR) is 89.7 cm³/mol. The van der Waals surface area contributed by atoms with Crippen LogP contribution in [0.25, 0.3) is 0 Å². The van der Waals surface area contributed by atoms with E-state index in [1.165, 1.54) is 11.1 Å². The Bertz CT molecular complexity index is 420. The van der Waals surface area contributed by atoms with Gasteiger partial charge in [0.1, 0.15) is 0 Å². The van der Waals surface area contributed by atoms with Crippen LogP contribution in [-0.2, 0) is 16.2 Å². The third kappa shape index (κ3) is 5.37. The SMILES string of the molecule is CCCCS(=O)CC(NC)c1ccc(C(C)(C)C)cc1. The summed E-state index contributed by atoms with van der Waals surface area (Å²) >= 11 is 0. The molecular weight excluding hydrogens is 266 g/mol. The second kappa shape index (κ2) is 7.94. The highest BCUT2D eigenvalue weighted by atomic mass is 32.2. The summed E-state index contributed by atoms with van der Waals surface area (Å²) in [7, 11) is 1.21. The van der Waals surface area contributed by atoms with Crippen LogP contribution in [0, 0.1) is 0 Å². The van der Waals surface area contributed by atoms with Crippen molar-refractivity contribution in [3.05, 3.63) is 35.4 Å². The Kier molecular flexibility index (Phi) is 6.90. The molecule has 0 saturated heterocycles. The van der Waals surface area contributed by atoms with Crippen LogP contribution in [0.5, 0.6) is 0 Å². The van der Waals surface area contributed by atoms with Crippen LogP contribution in [0.15, 0.2) is 24.3 Å². The van der Waals surface area contributed by atoms with E-state index >= 15 is 0 Å². The van der Waals surface area contributed by atoms with E-state index in [0.717, 1.165) is 18.6 Å². The van der Waals surface area contributed by atoms with E-state index in [4.69, 9.17) is 0 Å². The molecule has 0 heterocycles. The van der Waals surface area contributed by atoms with Crippen LogP contribution in [-0.4, -0.2) is 22.8 Å². The lowest BCUT2D eigenvalue weighted by atomic mass is 9.86. The van der Waals surface area contributed by atoms with Crippen molar-refractivity contribution in [2.75, 3.05) is 18.6 Å². The molecule has 0 spiro atoms. The number of unbranched alkanes of at least 4 members (excludes halogenated alkanes) is 1. The molecule has 1 aromatic rings. The van der Waals surface area contributed by atoms with Crippen molar-refractivity contribution in [3.63, 3.8) is 0 Å². The molecule has 0 aliphatic heterocycles. The Morgan fingerprint density at radius 2 is 1.80 bits per heavy atom. The molecule has 0 aliphatic rings. The summed E-state index contributed by atoms with van der Waals surface area (Å²) in [6, 6.07) is 8.89. The normalized spacial score (nSPS) is 15.1. The molecular formula is C17H29NOS. The third-order valence-corrected chi connectivity index (χ3v) is 5.05. The topological polar surface area (TPSA) is 29.1 Å². The molecule has 2 nitrogen and oxygen atoms in total. The van der Waals surface area contributed by atoms with E-state index in [9.17, 15) is 4.21 Å². The third-order valence-electron chi connectivity index (χ3n) is 3.61. The second-order valence-electron chi connectivity index (χ2n) is 6.38. The Hall–Kier alpha value is -0.670. The summed E-state index contributed by atoms with van der Waals surface area (Å²) in [4.78, 5) is 0. The molecule has 0 fully saturated rings. The van der Waals surface area contributed by atoms with Gasteiger partial charge in [0.25, 0.3) is 0 Å². The Morgan fingerprint density at radius 3 is 2.25 bits per heavy atom. The lowest BCUT2D eigenvalue weighted by Crippen LogP contribution is -2.24. The van der Waals surface area contributed by atoms with Gasteiger partial charge in [-0.15, -0.1) is 0 Å². The van der Waals surface area contributed by atoms with Gasteiger partial charge in [0.05, 0.1) is 0 Å². The molecule has 0 bridgehead atoms. The van der Waals surface area contributed by atoms with Crippen molar-refractivity contribution >= 4 is 10.8 Å². The van der Waals surface area contributed by atoms with E-state index in [0.29, 0.717) is 5.75 Å². The Morgan fingerprint density at radius 1 is 1.20 bits per heavy atom. The fourth-order valence-electron chi connectivity index (χ4n) is 2.14. The molecule has 0 amide bonds. The molecule has 2 unspecified atom stereocenters.